The number of anilines is 12. The van der Waals surface area contributed by atoms with Crippen molar-refractivity contribution in [2.45, 2.75) is 41.5 Å². The molecule has 0 amide bonds. The fourth-order valence-electron chi connectivity index (χ4n) is 10.9. The molecule has 0 aliphatic rings. The second kappa shape index (κ2) is 26.5. The van der Waals surface area contributed by atoms with Gasteiger partial charge in [0.05, 0.1) is 0 Å². The molecule has 4 nitrogen and oxygen atoms in total. The van der Waals surface area contributed by atoms with E-state index in [1.807, 2.05) is 0 Å². The van der Waals surface area contributed by atoms with E-state index in [-0.39, 0.29) is 0 Å². The van der Waals surface area contributed by atoms with Crippen LogP contribution in [-0.4, -0.2) is 0 Å². The van der Waals surface area contributed by atoms with Crippen LogP contribution in [-0.2, 0) is 0 Å². The Morgan fingerprint density at radius 3 is 0.330 bits per heavy atom. The summed E-state index contributed by atoms with van der Waals surface area (Å²) in [4.78, 5) is 9.27. The fourth-order valence-corrected chi connectivity index (χ4v) is 10.9. The van der Waals surface area contributed by atoms with E-state index in [0.29, 0.717) is 0 Å². The van der Waals surface area contributed by atoms with Crippen LogP contribution in [0, 0.1) is 41.5 Å². The molecule has 88 heavy (non-hydrogen) atoms. The average Bonchev–Trinajstić information content (AvgIpc) is 1.89. The molecule has 0 aromatic heterocycles. The molecule has 0 atom stereocenters. The maximum absolute atomic E-state index is 2.33. The summed E-state index contributed by atoms with van der Waals surface area (Å²) in [6.07, 6.45) is 13.2. The van der Waals surface area contributed by atoms with Crippen LogP contribution in [0.3, 0.4) is 0 Å². The van der Waals surface area contributed by atoms with Crippen LogP contribution in [0.4, 0.5) is 68.2 Å². The van der Waals surface area contributed by atoms with Gasteiger partial charge in [-0.3, -0.25) is 0 Å². The highest BCUT2D eigenvalue weighted by atomic mass is 15.2. The van der Waals surface area contributed by atoms with Gasteiger partial charge in [-0.1, -0.05) is 215 Å². The maximum atomic E-state index is 2.33. The van der Waals surface area contributed by atoms with Crippen LogP contribution in [0.15, 0.2) is 291 Å². The van der Waals surface area contributed by atoms with E-state index in [9.17, 15) is 0 Å². The summed E-state index contributed by atoms with van der Waals surface area (Å²) in [7, 11) is 0. The molecule has 428 valence electrons. The minimum absolute atomic E-state index is 1.07. The molecule has 0 radical (unpaired) electrons. The summed E-state index contributed by atoms with van der Waals surface area (Å²) in [5.74, 6) is 0. The van der Waals surface area contributed by atoms with Gasteiger partial charge in [-0.25, -0.2) is 0 Å². The number of aryl methyl sites for hydroxylation is 6. The zero-order valence-electron chi connectivity index (χ0n) is 51.0. The molecule has 12 rings (SSSR count). The van der Waals surface area contributed by atoms with Gasteiger partial charge in [-0.2, -0.15) is 0 Å². The molecule has 0 aliphatic carbocycles. The summed E-state index contributed by atoms with van der Waals surface area (Å²) < 4.78 is 0. The monoisotopic (exact) mass is 1140 g/mol. The molecule has 0 bridgehead atoms. The Morgan fingerprint density at radius 2 is 0.227 bits per heavy atom. The molecule has 0 N–H and O–H groups in total. The lowest BCUT2D eigenvalue weighted by molar-refractivity contribution is 1.27. The SMILES string of the molecule is Cc1ccc(N(c2ccc(C)cc2)c2ccc(/C=C/c3ccc(N(c4ccc(/C=C/c5ccc(N(c6ccc(C)cc6)c6ccc(C)cc6)cc5)cc4)c4ccc(/C=C/c5ccc(N(c6ccc(C)cc6)c6ccc(C)cc6)cc5)cc4)cc3)cc2)cc1. The lowest BCUT2D eigenvalue weighted by atomic mass is 10.1. The zero-order valence-corrected chi connectivity index (χ0v) is 51.0. The molecule has 12 aromatic carbocycles. The first-order valence-corrected chi connectivity index (χ1v) is 30.3. The minimum Gasteiger partial charge on any atom is -0.311 e. The van der Waals surface area contributed by atoms with E-state index in [0.717, 1.165) is 102 Å². The van der Waals surface area contributed by atoms with Gasteiger partial charge in [0.15, 0.2) is 0 Å². The van der Waals surface area contributed by atoms with Gasteiger partial charge in [0.25, 0.3) is 0 Å². The summed E-state index contributed by atoms with van der Waals surface area (Å²) in [5, 5.41) is 0. The van der Waals surface area contributed by atoms with E-state index < -0.39 is 0 Å². The average molecular weight is 1140 g/mol. The molecular formula is C84H72N4. The Labute approximate surface area is 520 Å². The van der Waals surface area contributed by atoms with Crippen LogP contribution in [0.5, 0.6) is 0 Å². The second-order valence-corrected chi connectivity index (χ2v) is 22.9. The van der Waals surface area contributed by atoms with Gasteiger partial charge in [0.1, 0.15) is 0 Å². The number of hydrogen-bond acceptors (Lipinski definition) is 4. The predicted octanol–water partition coefficient (Wildman–Crippen LogP) is 23.9. The smallest absolute Gasteiger partial charge is 0.0462 e. The predicted molar refractivity (Wildman–Crippen MR) is 380 cm³/mol. The molecule has 12 aromatic rings. The van der Waals surface area contributed by atoms with Gasteiger partial charge in [-0.05, 0) is 221 Å². The van der Waals surface area contributed by atoms with E-state index in [4.69, 9.17) is 0 Å². The summed E-state index contributed by atoms with van der Waals surface area (Å²) in [6, 6.07) is 105. The third kappa shape index (κ3) is 13.9. The maximum Gasteiger partial charge on any atom is 0.0462 e. The normalized spacial score (nSPS) is 11.4. The number of benzene rings is 12. The Balaban J connectivity index is 0.790. The first-order chi connectivity index (χ1) is 43.0. The van der Waals surface area contributed by atoms with Gasteiger partial charge >= 0.3 is 0 Å². The van der Waals surface area contributed by atoms with Crippen LogP contribution in [0.25, 0.3) is 36.5 Å². The molecule has 0 aliphatic heterocycles. The highest BCUT2D eigenvalue weighted by Crippen LogP contribution is 2.40. The van der Waals surface area contributed by atoms with Crippen molar-refractivity contribution in [3.05, 3.63) is 358 Å². The lowest BCUT2D eigenvalue weighted by Crippen LogP contribution is -2.10. The Kier molecular flexibility index (Phi) is 17.3. The number of rotatable bonds is 18. The van der Waals surface area contributed by atoms with Crippen LogP contribution in [0.2, 0.25) is 0 Å². The zero-order chi connectivity index (χ0) is 60.3. The molecule has 0 spiro atoms. The van der Waals surface area contributed by atoms with Gasteiger partial charge in [0.2, 0.25) is 0 Å². The van der Waals surface area contributed by atoms with E-state index >= 15 is 0 Å². The van der Waals surface area contributed by atoms with Gasteiger partial charge < -0.3 is 19.6 Å². The number of nitrogens with zero attached hydrogens (tertiary/aromatic N) is 4. The van der Waals surface area contributed by atoms with Gasteiger partial charge in [-0.15, -0.1) is 0 Å². The van der Waals surface area contributed by atoms with Crippen molar-refractivity contribution in [1.82, 2.24) is 0 Å². The topological polar surface area (TPSA) is 13.0 Å². The van der Waals surface area contributed by atoms with Crippen molar-refractivity contribution < 1.29 is 0 Å². The molecular weight excluding hydrogens is 1060 g/mol. The first kappa shape index (κ1) is 57.5. The molecule has 0 unspecified atom stereocenters. The summed E-state index contributed by atoms with van der Waals surface area (Å²) in [6.45, 7) is 12.8. The van der Waals surface area contributed by atoms with Gasteiger partial charge in [0, 0.05) is 68.2 Å². The summed E-state index contributed by atoms with van der Waals surface area (Å²) in [5.41, 5.74) is 27.5. The highest BCUT2D eigenvalue weighted by molar-refractivity contribution is 5.84. The summed E-state index contributed by atoms with van der Waals surface area (Å²) >= 11 is 0. The third-order valence-corrected chi connectivity index (χ3v) is 16.1. The van der Waals surface area contributed by atoms with Crippen LogP contribution in [0.1, 0.15) is 66.8 Å². The van der Waals surface area contributed by atoms with Crippen LogP contribution >= 0.6 is 0 Å². The van der Waals surface area contributed by atoms with Crippen LogP contribution < -0.4 is 19.6 Å². The Morgan fingerprint density at radius 1 is 0.136 bits per heavy atom. The van der Waals surface area contributed by atoms with Crippen molar-refractivity contribution in [1.29, 1.82) is 0 Å². The van der Waals surface area contributed by atoms with Crippen molar-refractivity contribution >= 4 is 105 Å². The second-order valence-electron chi connectivity index (χ2n) is 22.9. The highest BCUT2D eigenvalue weighted by Gasteiger charge is 2.17. The minimum atomic E-state index is 1.07. The third-order valence-electron chi connectivity index (χ3n) is 16.1. The molecule has 4 heteroatoms. The van der Waals surface area contributed by atoms with Crippen molar-refractivity contribution in [3.63, 3.8) is 0 Å². The Bertz CT molecular complexity index is 3720. The Hall–Kier alpha value is -10.9. The van der Waals surface area contributed by atoms with Crippen molar-refractivity contribution in [3.8, 4) is 0 Å². The van der Waals surface area contributed by atoms with Crippen molar-refractivity contribution in [2.75, 3.05) is 19.6 Å². The van der Waals surface area contributed by atoms with E-state index in [1.54, 1.807) is 0 Å². The first-order valence-electron chi connectivity index (χ1n) is 30.3. The largest absolute Gasteiger partial charge is 0.311 e. The van der Waals surface area contributed by atoms with E-state index in [1.165, 1.54) is 33.4 Å². The molecule has 0 saturated carbocycles. The molecule has 0 saturated heterocycles. The standard InChI is InChI=1S/C84H72N4/c1-61-7-37-73(38-8-61)85(74-39-9-62(2)10-40-74)79-49-25-67(26-50-79)19-22-70-31-55-82(56-32-70)88(83-57-33-71(34-58-83)23-20-68-27-51-80(52-28-68)86(75-41-11-63(3)12-42-75)76-43-13-64(4)14-44-76)84-59-35-72(36-60-84)24-21-69-29-53-81(54-30-69)87(77-45-15-65(5)16-46-77)78-47-17-66(6)18-48-78/h7-60H,1-6H3/b22-19+,23-20+,24-21+. The van der Waals surface area contributed by atoms with Crippen molar-refractivity contribution in [2.24, 2.45) is 0 Å². The quantitative estimate of drug-likeness (QED) is 0.0794. The molecule has 0 heterocycles. The van der Waals surface area contributed by atoms with E-state index in [2.05, 4.69) is 389 Å². The number of hydrogen-bond donors (Lipinski definition) is 0. The lowest BCUT2D eigenvalue weighted by Gasteiger charge is -2.26. The fraction of sp³-hybridized carbons (Fsp3) is 0.0714. The molecule has 0 fully saturated rings.